The predicted octanol–water partition coefficient (Wildman–Crippen LogP) is 3.46. The van der Waals surface area contributed by atoms with Crippen LogP contribution < -0.4 is 0 Å². The van der Waals surface area contributed by atoms with Crippen molar-refractivity contribution in [1.29, 1.82) is 0 Å². The molecule has 0 N–H and O–H groups in total. The van der Waals surface area contributed by atoms with Gasteiger partial charge in [0.1, 0.15) is 0 Å². The summed E-state index contributed by atoms with van der Waals surface area (Å²) in [6.07, 6.45) is 0. The van der Waals surface area contributed by atoms with E-state index in [1.54, 1.807) is 24.3 Å². The normalized spacial score (nSPS) is 11.2. The molecule has 0 nitrogen and oxygen atoms in total. The molecule has 0 aliphatic heterocycles. The van der Waals surface area contributed by atoms with Crippen molar-refractivity contribution < 1.29 is 5.72 Å². The van der Waals surface area contributed by atoms with Crippen molar-refractivity contribution in [2.75, 3.05) is 0 Å². The summed E-state index contributed by atoms with van der Waals surface area (Å²) in [6, 6.07) is 8.88. The van der Waals surface area contributed by atoms with Gasteiger partial charge in [-0.25, -0.2) is 0 Å². The van der Waals surface area contributed by atoms with Crippen LogP contribution in [-0.4, -0.2) is 0 Å². The maximum absolute atomic E-state index is 11.9. The van der Waals surface area contributed by atoms with Gasteiger partial charge in [0.15, 0.2) is 0 Å². The third-order valence-electron chi connectivity index (χ3n) is 1.10. The number of rotatable bonds is 2. The SMILES string of the molecule is FI(F)Cc1ccccc1. The monoisotopic (exact) mass is 256 g/mol. The average Bonchev–Trinajstić information content (AvgIpc) is 1.88. The van der Waals surface area contributed by atoms with Gasteiger partial charge in [0, 0.05) is 0 Å². The fourth-order valence-electron chi connectivity index (χ4n) is 0.684. The van der Waals surface area contributed by atoms with E-state index in [0.717, 1.165) is 5.56 Å². The molecule has 0 aliphatic rings. The van der Waals surface area contributed by atoms with Crippen molar-refractivity contribution in [2.45, 2.75) is 4.43 Å². The van der Waals surface area contributed by atoms with Gasteiger partial charge in [-0.05, 0) is 0 Å². The minimum absolute atomic E-state index is 0.0186. The Bertz CT molecular complexity index is 186. The van der Waals surface area contributed by atoms with Gasteiger partial charge in [0.2, 0.25) is 0 Å². The Morgan fingerprint density at radius 1 is 1.10 bits per heavy atom. The standard InChI is InChI=1S/C7H7F2I/c8-10(9)6-7-4-2-1-3-5-7/h1-5H,6H2. The Morgan fingerprint density at radius 2 is 1.70 bits per heavy atom. The fourth-order valence-corrected chi connectivity index (χ4v) is 1.86. The van der Waals surface area contributed by atoms with E-state index in [1.807, 2.05) is 6.07 Å². The quantitative estimate of drug-likeness (QED) is 0.561. The summed E-state index contributed by atoms with van der Waals surface area (Å²) >= 11 is -3.55. The maximum atomic E-state index is 11.9. The van der Waals surface area contributed by atoms with Gasteiger partial charge in [-0.2, -0.15) is 0 Å². The molecule has 0 spiro atoms. The van der Waals surface area contributed by atoms with E-state index in [1.165, 1.54) is 0 Å². The molecule has 0 bridgehead atoms. The number of benzene rings is 1. The summed E-state index contributed by atoms with van der Waals surface area (Å²) < 4.78 is 23.8. The number of hydrogen-bond donors (Lipinski definition) is 0. The molecule has 1 rings (SSSR count). The molecule has 0 fully saturated rings. The molecule has 0 aliphatic carbocycles. The van der Waals surface area contributed by atoms with Crippen LogP contribution in [0.4, 0.5) is 5.72 Å². The predicted molar refractivity (Wildman–Crippen MR) is 46.4 cm³/mol. The van der Waals surface area contributed by atoms with E-state index in [0.29, 0.717) is 0 Å². The van der Waals surface area contributed by atoms with Crippen molar-refractivity contribution in [3.8, 4) is 0 Å². The minimum atomic E-state index is -3.55. The molecule has 1 aromatic carbocycles. The van der Waals surface area contributed by atoms with Gasteiger partial charge in [-0.15, -0.1) is 0 Å². The molecular weight excluding hydrogens is 249 g/mol. The summed E-state index contributed by atoms with van der Waals surface area (Å²) in [6.45, 7) is 0. The molecule has 56 valence electrons. The van der Waals surface area contributed by atoms with E-state index < -0.39 is 21.0 Å². The van der Waals surface area contributed by atoms with Gasteiger partial charge in [0.05, 0.1) is 0 Å². The molecule has 1 aromatic rings. The van der Waals surface area contributed by atoms with Crippen LogP contribution in [0.3, 0.4) is 0 Å². The number of halogens is 3. The molecule has 0 unspecified atom stereocenters. The summed E-state index contributed by atoms with van der Waals surface area (Å²) in [7, 11) is 0. The van der Waals surface area contributed by atoms with E-state index in [2.05, 4.69) is 0 Å². The Kier molecular flexibility index (Phi) is 3.05. The molecule has 0 saturated carbocycles. The molecule has 10 heavy (non-hydrogen) atoms. The molecule has 0 heterocycles. The van der Waals surface area contributed by atoms with Crippen molar-refractivity contribution in [1.82, 2.24) is 0 Å². The summed E-state index contributed by atoms with van der Waals surface area (Å²) in [5, 5.41) is 0. The van der Waals surface area contributed by atoms with Crippen LogP contribution in [0.2, 0.25) is 0 Å². The molecule has 0 saturated heterocycles. The second kappa shape index (κ2) is 3.85. The van der Waals surface area contributed by atoms with Gasteiger partial charge < -0.3 is 0 Å². The average molecular weight is 256 g/mol. The van der Waals surface area contributed by atoms with Crippen LogP contribution in [0, 0.1) is 0 Å². The van der Waals surface area contributed by atoms with Crippen molar-refractivity contribution in [3.05, 3.63) is 35.9 Å². The molecule has 0 atom stereocenters. The summed E-state index contributed by atoms with van der Waals surface area (Å²) in [4.78, 5) is 0. The van der Waals surface area contributed by atoms with Gasteiger partial charge in [-0.1, -0.05) is 0 Å². The van der Waals surface area contributed by atoms with Gasteiger partial charge in [0.25, 0.3) is 0 Å². The van der Waals surface area contributed by atoms with Crippen LogP contribution in [0.1, 0.15) is 5.56 Å². The first-order valence-corrected chi connectivity index (χ1v) is 5.97. The van der Waals surface area contributed by atoms with E-state index in [9.17, 15) is 5.72 Å². The Hall–Kier alpha value is -0.190. The molecule has 0 amide bonds. The van der Waals surface area contributed by atoms with E-state index in [-0.39, 0.29) is 4.43 Å². The van der Waals surface area contributed by atoms with Crippen LogP contribution in [0.15, 0.2) is 30.3 Å². The van der Waals surface area contributed by atoms with Crippen LogP contribution >= 0.6 is 21.0 Å². The van der Waals surface area contributed by atoms with Gasteiger partial charge >= 0.3 is 67.0 Å². The molecule has 3 heteroatoms. The fraction of sp³-hybridized carbons (Fsp3) is 0.143. The third-order valence-corrected chi connectivity index (χ3v) is 2.56. The van der Waals surface area contributed by atoms with Crippen molar-refractivity contribution in [2.24, 2.45) is 0 Å². The van der Waals surface area contributed by atoms with Crippen molar-refractivity contribution in [3.63, 3.8) is 0 Å². The second-order valence-electron chi connectivity index (χ2n) is 1.88. The first kappa shape index (κ1) is 7.91. The first-order valence-electron chi connectivity index (χ1n) is 2.82. The Balaban J connectivity index is 2.59. The second-order valence-corrected chi connectivity index (χ2v) is 4.10. The van der Waals surface area contributed by atoms with Crippen LogP contribution in [0.5, 0.6) is 0 Å². The van der Waals surface area contributed by atoms with Crippen LogP contribution in [0.25, 0.3) is 0 Å². The first-order chi connectivity index (χ1) is 4.79. The third kappa shape index (κ3) is 2.60. The number of alkyl halides is 1. The Labute approximate surface area is 67.2 Å². The zero-order chi connectivity index (χ0) is 7.40. The van der Waals surface area contributed by atoms with Crippen molar-refractivity contribution >= 4 is 21.0 Å². The molecule has 0 aromatic heterocycles. The van der Waals surface area contributed by atoms with E-state index in [4.69, 9.17) is 0 Å². The number of hydrogen-bond acceptors (Lipinski definition) is 0. The van der Waals surface area contributed by atoms with E-state index >= 15 is 0 Å². The zero-order valence-corrected chi connectivity index (χ0v) is 7.39. The Morgan fingerprint density at radius 3 is 2.20 bits per heavy atom. The topological polar surface area (TPSA) is 0 Å². The molecule has 0 radical (unpaired) electrons. The summed E-state index contributed by atoms with van der Waals surface area (Å²) in [5.41, 5.74) is 0.762. The molecular formula is C7H7F2I. The summed E-state index contributed by atoms with van der Waals surface area (Å²) in [5.74, 6) is 0. The van der Waals surface area contributed by atoms with Crippen LogP contribution in [-0.2, 0) is 4.43 Å². The van der Waals surface area contributed by atoms with Gasteiger partial charge in [-0.3, -0.25) is 0 Å². The zero-order valence-electron chi connectivity index (χ0n) is 5.23.